The number of amides is 3. The summed E-state index contributed by atoms with van der Waals surface area (Å²) in [6.07, 6.45) is 2.70. The van der Waals surface area contributed by atoms with Gasteiger partial charge in [-0.05, 0) is 45.3 Å². The minimum atomic E-state index is -1.26. The van der Waals surface area contributed by atoms with E-state index in [1.807, 2.05) is 33.1 Å². The number of carbonyl (C=O) groups is 3. The van der Waals surface area contributed by atoms with E-state index < -0.39 is 22.9 Å². The minimum absolute atomic E-state index is 0.193. The maximum absolute atomic E-state index is 13.5. The number of carbonyl (C=O) groups excluding carboxylic acids is 3. The number of hydrogen-bond donors (Lipinski definition) is 2. The van der Waals surface area contributed by atoms with Gasteiger partial charge in [-0.25, -0.2) is 0 Å². The molecule has 4 rings (SSSR count). The molecule has 150 valence electrons. The zero-order chi connectivity index (χ0) is 20.4. The van der Waals surface area contributed by atoms with E-state index in [0.29, 0.717) is 22.7 Å². The number of thioether (sulfide) groups is 1. The number of nitrogens with zero attached hydrogens (tertiary/aromatic N) is 1. The molecule has 0 aliphatic carbocycles. The quantitative estimate of drug-likeness (QED) is 0.733. The zero-order valence-corrected chi connectivity index (χ0v) is 17.9. The molecule has 3 heterocycles. The zero-order valence-electron chi connectivity index (χ0n) is 16.3. The van der Waals surface area contributed by atoms with Crippen molar-refractivity contribution in [1.29, 1.82) is 0 Å². The number of likely N-dealkylation sites (tertiary alicyclic amines) is 1. The van der Waals surface area contributed by atoms with Gasteiger partial charge in [-0.2, -0.15) is 11.8 Å². The Bertz CT molecular complexity index is 884. The number of imide groups is 1. The number of para-hydroxylation sites is 1. The summed E-state index contributed by atoms with van der Waals surface area (Å²) in [5.74, 6) is -1.29. The predicted molar refractivity (Wildman–Crippen MR) is 110 cm³/mol. The van der Waals surface area contributed by atoms with E-state index in [-0.39, 0.29) is 23.8 Å². The number of halogens is 1. The van der Waals surface area contributed by atoms with Gasteiger partial charge in [0.2, 0.25) is 17.7 Å². The second-order valence-corrected chi connectivity index (χ2v) is 10.0. The monoisotopic (exact) mass is 421 g/mol. The summed E-state index contributed by atoms with van der Waals surface area (Å²) in [7, 11) is 0. The first-order chi connectivity index (χ1) is 13.1. The first-order valence-corrected chi connectivity index (χ1v) is 11.2. The molecule has 2 N–H and O–H groups in total. The molecule has 0 unspecified atom stereocenters. The van der Waals surface area contributed by atoms with Gasteiger partial charge in [0, 0.05) is 17.1 Å². The minimum Gasteiger partial charge on any atom is -0.323 e. The Morgan fingerprint density at radius 3 is 2.57 bits per heavy atom. The third-order valence-electron chi connectivity index (χ3n) is 6.00. The lowest BCUT2D eigenvalue weighted by atomic mass is 9.76. The maximum atomic E-state index is 13.5. The number of hydrogen-bond acceptors (Lipinski definition) is 5. The normalized spacial score (nSPS) is 31.5. The van der Waals surface area contributed by atoms with Crippen LogP contribution in [-0.2, 0) is 19.9 Å². The van der Waals surface area contributed by atoms with Gasteiger partial charge in [0.15, 0.2) is 0 Å². The molecule has 0 radical (unpaired) electrons. The number of nitrogens with one attached hydrogen (secondary N) is 2. The molecule has 1 aromatic carbocycles. The molecule has 1 spiro atoms. The van der Waals surface area contributed by atoms with Crippen LogP contribution in [0.3, 0.4) is 0 Å². The first-order valence-electron chi connectivity index (χ1n) is 9.39. The smallest absolute Gasteiger partial charge is 0.250 e. The standard InChI is InChI=1S/C20H24ClN3O3S/c1-19(2,3)24-16(25)13-12(8-9-28-4)23-20(14(13)17(24)26)10-6-5-7-11(21)15(10)22-18(20)27/h5-7,12-14,23H,8-9H2,1-4H3,(H,22,27)/t12-,13-,14+,20-/m1/s1. The molecule has 3 amide bonds. The molecule has 1 aromatic rings. The lowest BCUT2D eigenvalue weighted by Crippen LogP contribution is -2.55. The molecule has 4 atom stereocenters. The lowest BCUT2D eigenvalue weighted by molar-refractivity contribution is -0.147. The van der Waals surface area contributed by atoms with Crippen molar-refractivity contribution in [3.8, 4) is 0 Å². The summed E-state index contributed by atoms with van der Waals surface area (Å²) in [5.41, 5.74) is -0.722. The highest BCUT2D eigenvalue weighted by Gasteiger charge is 2.71. The Labute approximate surface area is 173 Å². The van der Waals surface area contributed by atoms with Crippen LogP contribution in [0.25, 0.3) is 0 Å². The SMILES string of the molecule is CSCC[C@H]1N[C@@]2(C(=O)Nc3c(Cl)cccc32)[C@@H]2C(=O)N(C(C)(C)C)C(=O)[C@@H]21. The largest absolute Gasteiger partial charge is 0.323 e. The molecule has 2 fully saturated rings. The fourth-order valence-electron chi connectivity index (χ4n) is 4.95. The molecule has 0 aromatic heterocycles. The van der Waals surface area contributed by atoms with Crippen molar-refractivity contribution in [3.63, 3.8) is 0 Å². The van der Waals surface area contributed by atoms with E-state index in [4.69, 9.17) is 11.6 Å². The lowest BCUT2D eigenvalue weighted by Gasteiger charge is -2.34. The van der Waals surface area contributed by atoms with Gasteiger partial charge in [0.05, 0.1) is 22.5 Å². The van der Waals surface area contributed by atoms with Crippen LogP contribution in [0.1, 0.15) is 32.8 Å². The molecule has 0 bridgehead atoms. The van der Waals surface area contributed by atoms with Gasteiger partial charge < -0.3 is 5.32 Å². The van der Waals surface area contributed by atoms with Gasteiger partial charge in [0.1, 0.15) is 5.54 Å². The van der Waals surface area contributed by atoms with E-state index in [1.54, 1.807) is 23.9 Å². The third-order valence-corrected chi connectivity index (χ3v) is 6.96. The average Bonchev–Trinajstić information content (AvgIpc) is 3.19. The van der Waals surface area contributed by atoms with Gasteiger partial charge >= 0.3 is 0 Å². The van der Waals surface area contributed by atoms with Crippen molar-refractivity contribution in [2.75, 3.05) is 17.3 Å². The van der Waals surface area contributed by atoms with Crippen LogP contribution in [0.2, 0.25) is 5.02 Å². The number of rotatable bonds is 3. The fourth-order valence-corrected chi connectivity index (χ4v) is 5.66. The van der Waals surface area contributed by atoms with Gasteiger partial charge in [-0.1, -0.05) is 23.7 Å². The second kappa shape index (κ2) is 6.47. The van der Waals surface area contributed by atoms with E-state index in [9.17, 15) is 14.4 Å². The molecular weight excluding hydrogens is 398 g/mol. The fraction of sp³-hybridized carbons (Fsp3) is 0.550. The number of benzene rings is 1. The van der Waals surface area contributed by atoms with Crippen molar-refractivity contribution >= 4 is 46.8 Å². The van der Waals surface area contributed by atoms with Crippen LogP contribution in [-0.4, -0.2) is 46.2 Å². The number of anilines is 1. The summed E-state index contributed by atoms with van der Waals surface area (Å²) in [4.78, 5) is 41.5. The Balaban J connectivity index is 1.89. The van der Waals surface area contributed by atoms with E-state index in [1.165, 1.54) is 4.90 Å². The van der Waals surface area contributed by atoms with Crippen molar-refractivity contribution < 1.29 is 14.4 Å². The summed E-state index contributed by atoms with van der Waals surface area (Å²) < 4.78 is 0. The average molecular weight is 422 g/mol. The summed E-state index contributed by atoms with van der Waals surface area (Å²) in [6.45, 7) is 5.54. The molecule has 3 aliphatic heterocycles. The predicted octanol–water partition coefficient (Wildman–Crippen LogP) is 2.61. The van der Waals surface area contributed by atoms with E-state index >= 15 is 0 Å². The number of fused-ring (bicyclic) bond motifs is 4. The molecule has 8 heteroatoms. The van der Waals surface area contributed by atoms with E-state index in [2.05, 4.69) is 10.6 Å². The summed E-state index contributed by atoms with van der Waals surface area (Å²) in [5, 5.41) is 6.70. The van der Waals surface area contributed by atoms with Crippen LogP contribution in [0, 0.1) is 11.8 Å². The Morgan fingerprint density at radius 1 is 1.21 bits per heavy atom. The second-order valence-electron chi connectivity index (χ2n) is 8.64. The van der Waals surface area contributed by atoms with Crippen molar-refractivity contribution in [3.05, 3.63) is 28.8 Å². The van der Waals surface area contributed by atoms with Crippen molar-refractivity contribution in [2.24, 2.45) is 11.8 Å². The molecular formula is C20H24ClN3O3S. The molecule has 0 saturated carbocycles. The highest BCUT2D eigenvalue weighted by Crippen LogP contribution is 2.55. The van der Waals surface area contributed by atoms with Gasteiger partial charge in [-0.3, -0.25) is 24.6 Å². The Kier molecular flexibility index (Phi) is 4.56. The molecule has 28 heavy (non-hydrogen) atoms. The van der Waals surface area contributed by atoms with E-state index in [0.717, 1.165) is 5.75 Å². The van der Waals surface area contributed by atoms with Crippen LogP contribution < -0.4 is 10.6 Å². The highest BCUT2D eigenvalue weighted by molar-refractivity contribution is 7.98. The van der Waals surface area contributed by atoms with Crippen molar-refractivity contribution in [1.82, 2.24) is 10.2 Å². The summed E-state index contributed by atoms with van der Waals surface area (Å²) >= 11 is 8.00. The Morgan fingerprint density at radius 2 is 1.93 bits per heavy atom. The van der Waals surface area contributed by atoms with Gasteiger partial charge in [0.25, 0.3) is 0 Å². The summed E-state index contributed by atoms with van der Waals surface area (Å²) in [6, 6.07) is 5.05. The first kappa shape index (κ1) is 19.7. The molecule has 2 saturated heterocycles. The van der Waals surface area contributed by atoms with Crippen molar-refractivity contribution in [2.45, 2.75) is 44.3 Å². The Hall–Kier alpha value is -1.57. The van der Waals surface area contributed by atoms with Gasteiger partial charge in [-0.15, -0.1) is 0 Å². The van der Waals surface area contributed by atoms with Crippen LogP contribution >= 0.6 is 23.4 Å². The topological polar surface area (TPSA) is 78.5 Å². The van der Waals surface area contributed by atoms with Crippen LogP contribution in [0.5, 0.6) is 0 Å². The maximum Gasteiger partial charge on any atom is 0.250 e. The van der Waals surface area contributed by atoms with Crippen LogP contribution in [0.15, 0.2) is 18.2 Å². The van der Waals surface area contributed by atoms with Crippen LogP contribution in [0.4, 0.5) is 5.69 Å². The third kappa shape index (κ3) is 2.49. The highest BCUT2D eigenvalue weighted by atomic mass is 35.5. The molecule has 6 nitrogen and oxygen atoms in total. The molecule has 3 aliphatic rings.